The molecule has 0 aliphatic heterocycles. The van der Waals surface area contributed by atoms with Crippen molar-refractivity contribution < 1.29 is 34.4 Å². The van der Waals surface area contributed by atoms with Crippen LogP contribution in [0.2, 0.25) is 5.02 Å². The van der Waals surface area contributed by atoms with Crippen molar-refractivity contribution in [2.75, 3.05) is 12.4 Å². The minimum atomic E-state index is -3.09. The number of halogens is 1. The molecular weight excluding hydrogens is 372 g/mol. The van der Waals surface area contributed by atoms with E-state index >= 15 is 0 Å². The molecule has 0 saturated heterocycles. The Morgan fingerprint density at radius 2 is 1.88 bits per heavy atom. The van der Waals surface area contributed by atoms with E-state index in [1.54, 1.807) is 19.1 Å². The summed E-state index contributed by atoms with van der Waals surface area (Å²) in [6.07, 6.45) is 2.53. The molecular formula is C16H17ClO7S. The second-order valence-electron chi connectivity index (χ2n) is 4.77. The van der Waals surface area contributed by atoms with Gasteiger partial charge >= 0.3 is 17.9 Å². The van der Waals surface area contributed by atoms with Gasteiger partial charge < -0.3 is 20.1 Å². The minimum Gasteiger partial charge on any atom is -0.479 e. The van der Waals surface area contributed by atoms with Crippen LogP contribution in [0.25, 0.3) is 0 Å². The Kier molecular flexibility index (Phi) is 7.95. The highest BCUT2D eigenvalue weighted by Gasteiger charge is 2.53. The van der Waals surface area contributed by atoms with Crippen LogP contribution in [0, 0.1) is 0 Å². The summed E-state index contributed by atoms with van der Waals surface area (Å²) >= 11 is 6.86. The first kappa shape index (κ1) is 21.0. The Labute approximate surface area is 153 Å². The Bertz CT molecular complexity index is 660. The van der Waals surface area contributed by atoms with E-state index in [9.17, 15) is 29.7 Å². The van der Waals surface area contributed by atoms with Gasteiger partial charge in [-0.1, -0.05) is 35.9 Å². The summed E-state index contributed by atoms with van der Waals surface area (Å²) in [4.78, 5) is 34.1. The predicted molar refractivity (Wildman–Crippen MR) is 92.6 cm³/mol. The maximum absolute atomic E-state index is 11.4. The molecule has 0 heterocycles. The molecule has 25 heavy (non-hydrogen) atoms. The molecule has 0 aliphatic rings. The number of rotatable bonds is 9. The van der Waals surface area contributed by atoms with Crippen molar-refractivity contribution in [2.24, 2.45) is 0 Å². The fourth-order valence-corrected chi connectivity index (χ4v) is 3.46. The van der Waals surface area contributed by atoms with Crippen LogP contribution in [0.1, 0.15) is 17.7 Å². The number of carboxylic acid groups (broad SMARTS) is 2. The van der Waals surface area contributed by atoms with Crippen molar-refractivity contribution in [1.82, 2.24) is 0 Å². The van der Waals surface area contributed by atoms with Gasteiger partial charge in [0.25, 0.3) is 5.60 Å². The van der Waals surface area contributed by atoms with Crippen LogP contribution in [0.3, 0.4) is 0 Å². The Balaban J connectivity index is 3.13. The molecule has 0 fully saturated rings. The molecule has 1 unspecified atom stereocenters. The van der Waals surface area contributed by atoms with Crippen LogP contribution in [0.4, 0.5) is 0 Å². The molecule has 0 spiro atoms. The number of hydrogen-bond donors (Lipinski definition) is 3. The number of carboxylic acids is 2. The van der Waals surface area contributed by atoms with E-state index in [4.69, 9.17) is 16.3 Å². The number of aliphatic hydroxyl groups is 1. The molecule has 0 bridgehead atoms. The third-order valence-corrected chi connectivity index (χ3v) is 4.78. The van der Waals surface area contributed by atoms with Gasteiger partial charge in [-0.05, 0) is 18.6 Å². The zero-order valence-corrected chi connectivity index (χ0v) is 14.8. The first-order chi connectivity index (χ1) is 11.7. The number of ether oxygens (including phenoxy) is 1. The zero-order chi connectivity index (χ0) is 19.0. The topological polar surface area (TPSA) is 121 Å². The molecule has 1 aromatic carbocycles. The maximum atomic E-state index is 11.4. The summed E-state index contributed by atoms with van der Waals surface area (Å²) in [7, 11) is 0. The Morgan fingerprint density at radius 1 is 1.28 bits per heavy atom. The van der Waals surface area contributed by atoms with Crippen LogP contribution in [-0.2, 0) is 19.1 Å². The second-order valence-corrected chi connectivity index (χ2v) is 6.31. The number of hydrogen-bond acceptors (Lipinski definition) is 6. The standard InChI is InChI=1S/C16H17ClO7S/c1-2-24-12(18)8-5-9-25-13(10-6-3-4-7-11(10)17)16(23,14(19)20)15(21)22/h3-8,13,23H,2,9H2,1H3,(H,19,20)(H,21,22)/b8-5+. The van der Waals surface area contributed by atoms with E-state index in [1.807, 2.05) is 0 Å². The van der Waals surface area contributed by atoms with Gasteiger partial charge in [0.2, 0.25) is 0 Å². The SMILES string of the molecule is CCOC(=O)/C=C/CSC(c1ccccc1Cl)C(O)(C(=O)O)C(=O)O. The van der Waals surface area contributed by atoms with Crippen molar-refractivity contribution >= 4 is 41.3 Å². The molecule has 9 heteroatoms. The summed E-state index contributed by atoms with van der Waals surface area (Å²) in [6, 6.07) is 6.04. The molecule has 0 aliphatic carbocycles. The number of esters is 1. The molecule has 1 atom stereocenters. The summed E-state index contributed by atoms with van der Waals surface area (Å²) in [5.74, 6) is -4.35. The average Bonchev–Trinajstić information content (AvgIpc) is 2.55. The molecule has 7 nitrogen and oxygen atoms in total. The van der Waals surface area contributed by atoms with Gasteiger partial charge in [0.05, 0.1) is 11.9 Å². The van der Waals surface area contributed by atoms with Gasteiger partial charge in [-0.3, -0.25) is 0 Å². The zero-order valence-electron chi connectivity index (χ0n) is 13.2. The lowest BCUT2D eigenvalue weighted by molar-refractivity contribution is -0.176. The molecule has 1 aromatic rings. The smallest absolute Gasteiger partial charge is 0.349 e. The van der Waals surface area contributed by atoms with E-state index in [1.165, 1.54) is 18.2 Å². The normalized spacial score (nSPS) is 12.8. The number of carbonyl (C=O) groups excluding carboxylic acids is 1. The van der Waals surface area contributed by atoms with Gasteiger partial charge in [-0.25, -0.2) is 14.4 Å². The van der Waals surface area contributed by atoms with Crippen molar-refractivity contribution in [1.29, 1.82) is 0 Å². The van der Waals surface area contributed by atoms with E-state index in [0.29, 0.717) is 0 Å². The Hall–Kier alpha value is -2.03. The molecule has 136 valence electrons. The number of benzene rings is 1. The fraction of sp³-hybridized carbons (Fsp3) is 0.312. The minimum absolute atomic E-state index is 0.0531. The average molecular weight is 389 g/mol. The first-order valence-electron chi connectivity index (χ1n) is 7.13. The summed E-state index contributed by atoms with van der Waals surface area (Å²) in [5, 5.41) is 27.5. The molecule has 0 aromatic heterocycles. The summed E-state index contributed by atoms with van der Waals surface area (Å²) < 4.78 is 4.70. The number of thioether (sulfide) groups is 1. The van der Waals surface area contributed by atoms with E-state index in [-0.39, 0.29) is 22.9 Å². The number of aliphatic carboxylic acids is 2. The van der Waals surface area contributed by atoms with E-state index in [2.05, 4.69) is 0 Å². The van der Waals surface area contributed by atoms with Crippen LogP contribution >= 0.6 is 23.4 Å². The molecule has 3 N–H and O–H groups in total. The molecule has 1 rings (SSSR count). The Morgan fingerprint density at radius 3 is 2.40 bits per heavy atom. The summed E-state index contributed by atoms with van der Waals surface area (Å²) in [6.45, 7) is 1.85. The van der Waals surface area contributed by atoms with Crippen molar-refractivity contribution in [3.05, 3.63) is 47.0 Å². The van der Waals surface area contributed by atoms with E-state index < -0.39 is 28.8 Å². The van der Waals surface area contributed by atoms with E-state index in [0.717, 1.165) is 17.8 Å². The largest absolute Gasteiger partial charge is 0.479 e. The lowest BCUT2D eigenvalue weighted by Gasteiger charge is -2.29. The second kappa shape index (κ2) is 9.45. The molecule has 0 saturated carbocycles. The van der Waals surface area contributed by atoms with Crippen molar-refractivity contribution in [3.8, 4) is 0 Å². The fourth-order valence-electron chi connectivity index (χ4n) is 1.93. The lowest BCUT2D eigenvalue weighted by Crippen LogP contribution is -2.50. The maximum Gasteiger partial charge on any atom is 0.349 e. The highest BCUT2D eigenvalue weighted by molar-refractivity contribution is 7.99. The lowest BCUT2D eigenvalue weighted by atomic mass is 9.94. The highest BCUT2D eigenvalue weighted by atomic mass is 35.5. The van der Waals surface area contributed by atoms with Crippen LogP contribution in [0.15, 0.2) is 36.4 Å². The van der Waals surface area contributed by atoms with Gasteiger partial charge in [0.1, 0.15) is 0 Å². The van der Waals surface area contributed by atoms with Gasteiger partial charge in [0, 0.05) is 16.9 Å². The van der Waals surface area contributed by atoms with Gasteiger partial charge in [0.15, 0.2) is 0 Å². The van der Waals surface area contributed by atoms with Crippen LogP contribution in [-0.4, -0.2) is 51.2 Å². The third kappa shape index (κ3) is 5.22. The van der Waals surface area contributed by atoms with Gasteiger partial charge in [-0.2, -0.15) is 0 Å². The summed E-state index contributed by atoms with van der Waals surface area (Å²) in [5.41, 5.74) is -2.93. The van der Waals surface area contributed by atoms with Crippen molar-refractivity contribution in [3.63, 3.8) is 0 Å². The van der Waals surface area contributed by atoms with Gasteiger partial charge in [-0.15, -0.1) is 11.8 Å². The van der Waals surface area contributed by atoms with Crippen LogP contribution in [0.5, 0.6) is 0 Å². The monoisotopic (exact) mass is 388 g/mol. The van der Waals surface area contributed by atoms with Crippen molar-refractivity contribution in [2.45, 2.75) is 17.8 Å². The first-order valence-corrected chi connectivity index (χ1v) is 8.56. The molecule has 0 radical (unpaired) electrons. The quantitative estimate of drug-likeness (QED) is 0.334. The number of carbonyl (C=O) groups is 3. The molecule has 0 amide bonds. The highest BCUT2D eigenvalue weighted by Crippen LogP contribution is 2.42. The van der Waals surface area contributed by atoms with Crippen LogP contribution < -0.4 is 0 Å². The third-order valence-electron chi connectivity index (χ3n) is 3.12. The predicted octanol–water partition coefficient (Wildman–Crippen LogP) is 2.13.